The number of ether oxygens (including phenoxy) is 1. The van der Waals surface area contributed by atoms with Gasteiger partial charge in [0.05, 0.1) is 6.10 Å². The first-order valence-electron chi connectivity index (χ1n) is 8.94. The van der Waals surface area contributed by atoms with Crippen LogP contribution in [0.4, 0.5) is 0 Å². The molecule has 0 fully saturated rings. The van der Waals surface area contributed by atoms with Crippen LogP contribution in [0.25, 0.3) is 0 Å². The molecule has 0 saturated carbocycles. The average Bonchev–Trinajstić information content (AvgIpc) is 2.71. The van der Waals surface area contributed by atoms with Gasteiger partial charge in [0.1, 0.15) is 12.4 Å². The van der Waals surface area contributed by atoms with Crippen molar-refractivity contribution >= 4 is 0 Å². The molecule has 3 heteroatoms. The van der Waals surface area contributed by atoms with Gasteiger partial charge in [0.25, 0.3) is 0 Å². The van der Waals surface area contributed by atoms with E-state index in [1.54, 1.807) is 0 Å². The van der Waals surface area contributed by atoms with Gasteiger partial charge in [-0.3, -0.25) is 0 Å². The van der Waals surface area contributed by atoms with E-state index in [0.717, 1.165) is 23.4 Å². The maximum absolute atomic E-state index is 10.7. The molecule has 2 unspecified atom stereocenters. The summed E-state index contributed by atoms with van der Waals surface area (Å²) in [5.41, 5.74) is 3.17. The molecule has 0 aliphatic heterocycles. The number of aliphatic hydroxyl groups excluding tert-OH is 1. The molecule has 0 heterocycles. The van der Waals surface area contributed by atoms with Gasteiger partial charge in [0.15, 0.2) is 0 Å². The van der Waals surface area contributed by atoms with Crippen LogP contribution < -0.4 is 10.1 Å². The van der Waals surface area contributed by atoms with Gasteiger partial charge in [0.2, 0.25) is 0 Å². The molecular formula is C23H25NO2. The normalized spacial score (nSPS) is 13.2. The van der Waals surface area contributed by atoms with E-state index >= 15 is 0 Å². The zero-order chi connectivity index (χ0) is 18.2. The van der Waals surface area contributed by atoms with Crippen molar-refractivity contribution < 1.29 is 9.84 Å². The van der Waals surface area contributed by atoms with Crippen LogP contribution in [-0.4, -0.2) is 11.1 Å². The first-order valence-corrected chi connectivity index (χ1v) is 8.94. The third-order valence-electron chi connectivity index (χ3n) is 4.39. The molecule has 0 bridgehead atoms. The Bertz CT molecular complexity index is 790. The second kappa shape index (κ2) is 9.18. The zero-order valence-corrected chi connectivity index (χ0v) is 15.0. The first kappa shape index (κ1) is 18.2. The van der Waals surface area contributed by atoms with Crippen molar-refractivity contribution in [1.29, 1.82) is 0 Å². The molecule has 134 valence electrons. The van der Waals surface area contributed by atoms with Crippen LogP contribution in [0.2, 0.25) is 0 Å². The lowest BCUT2D eigenvalue weighted by Crippen LogP contribution is -2.31. The summed E-state index contributed by atoms with van der Waals surface area (Å²) in [5.74, 6) is 0.765. The van der Waals surface area contributed by atoms with Gasteiger partial charge in [-0.1, -0.05) is 72.8 Å². The number of hydrogen-bond acceptors (Lipinski definition) is 3. The summed E-state index contributed by atoms with van der Waals surface area (Å²) in [6.07, 6.45) is -0.598. The van der Waals surface area contributed by atoms with E-state index in [4.69, 9.17) is 4.74 Å². The van der Waals surface area contributed by atoms with Crippen LogP contribution in [0.3, 0.4) is 0 Å². The molecule has 0 aliphatic rings. The molecule has 26 heavy (non-hydrogen) atoms. The molecule has 3 nitrogen and oxygen atoms in total. The average molecular weight is 347 g/mol. The molecule has 0 spiro atoms. The summed E-state index contributed by atoms with van der Waals surface area (Å²) in [4.78, 5) is 0. The Morgan fingerprint density at radius 3 is 2.19 bits per heavy atom. The van der Waals surface area contributed by atoms with Crippen molar-refractivity contribution in [2.45, 2.75) is 32.2 Å². The van der Waals surface area contributed by atoms with E-state index in [1.165, 1.54) is 5.56 Å². The van der Waals surface area contributed by atoms with Gasteiger partial charge >= 0.3 is 0 Å². The molecule has 2 atom stereocenters. The molecular weight excluding hydrogens is 322 g/mol. The van der Waals surface area contributed by atoms with Gasteiger partial charge in [-0.15, -0.1) is 0 Å². The Balaban J connectivity index is 1.57. The van der Waals surface area contributed by atoms with E-state index in [9.17, 15) is 5.11 Å². The van der Waals surface area contributed by atoms with Crippen molar-refractivity contribution in [3.05, 3.63) is 102 Å². The Labute approximate surface area is 155 Å². The highest BCUT2D eigenvalue weighted by Gasteiger charge is 2.16. The number of aliphatic hydroxyl groups is 1. The van der Waals surface area contributed by atoms with Gasteiger partial charge < -0.3 is 15.2 Å². The zero-order valence-electron chi connectivity index (χ0n) is 15.0. The molecule has 3 aromatic carbocycles. The minimum absolute atomic E-state index is 0.0698. The van der Waals surface area contributed by atoms with Crippen LogP contribution in [0.15, 0.2) is 84.9 Å². The molecule has 0 amide bonds. The largest absolute Gasteiger partial charge is 0.489 e. The smallest absolute Gasteiger partial charge is 0.120 e. The van der Waals surface area contributed by atoms with Crippen LogP contribution in [0.5, 0.6) is 5.75 Å². The van der Waals surface area contributed by atoms with Crippen molar-refractivity contribution in [1.82, 2.24) is 5.32 Å². The van der Waals surface area contributed by atoms with Gasteiger partial charge in [-0.05, 0) is 35.7 Å². The minimum Gasteiger partial charge on any atom is -0.489 e. The Morgan fingerprint density at radius 1 is 0.846 bits per heavy atom. The van der Waals surface area contributed by atoms with Crippen molar-refractivity contribution in [2.24, 2.45) is 0 Å². The standard InChI is InChI=1S/C23H25NO2/c1-18(24-16-19-9-4-2-5-10-19)23(25)21-13-8-14-22(15-21)26-17-20-11-6-3-7-12-20/h2-15,18,23-25H,16-17H2,1H3. The molecule has 0 aromatic heterocycles. The van der Waals surface area contributed by atoms with E-state index in [1.807, 2.05) is 79.7 Å². The van der Waals surface area contributed by atoms with Crippen molar-refractivity contribution in [3.63, 3.8) is 0 Å². The predicted molar refractivity (Wildman–Crippen MR) is 105 cm³/mol. The fourth-order valence-corrected chi connectivity index (χ4v) is 2.80. The highest BCUT2D eigenvalue weighted by Crippen LogP contribution is 2.22. The summed E-state index contributed by atoms with van der Waals surface area (Å²) in [5, 5.41) is 14.0. The summed E-state index contributed by atoms with van der Waals surface area (Å²) in [6, 6.07) is 27.9. The Kier molecular flexibility index (Phi) is 6.42. The number of rotatable bonds is 8. The monoisotopic (exact) mass is 347 g/mol. The lowest BCUT2D eigenvalue weighted by Gasteiger charge is -2.21. The van der Waals surface area contributed by atoms with Crippen molar-refractivity contribution in [2.75, 3.05) is 0 Å². The molecule has 2 N–H and O–H groups in total. The maximum Gasteiger partial charge on any atom is 0.120 e. The Hall–Kier alpha value is -2.62. The van der Waals surface area contributed by atoms with Gasteiger partial charge in [-0.25, -0.2) is 0 Å². The van der Waals surface area contributed by atoms with Gasteiger partial charge in [0, 0.05) is 12.6 Å². The first-order chi connectivity index (χ1) is 12.7. The van der Waals surface area contributed by atoms with Crippen molar-refractivity contribution in [3.8, 4) is 5.75 Å². The molecule has 0 saturated heterocycles. The molecule has 0 radical (unpaired) electrons. The van der Waals surface area contributed by atoms with Crippen LogP contribution in [-0.2, 0) is 13.2 Å². The third kappa shape index (κ3) is 5.19. The van der Waals surface area contributed by atoms with E-state index in [0.29, 0.717) is 6.61 Å². The summed E-state index contributed by atoms with van der Waals surface area (Å²) < 4.78 is 5.86. The quantitative estimate of drug-likeness (QED) is 0.631. The fourth-order valence-electron chi connectivity index (χ4n) is 2.80. The molecule has 0 aliphatic carbocycles. The second-order valence-electron chi connectivity index (χ2n) is 6.45. The van der Waals surface area contributed by atoms with E-state index in [2.05, 4.69) is 17.4 Å². The number of benzene rings is 3. The summed E-state index contributed by atoms with van der Waals surface area (Å²) in [6.45, 7) is 3.23. The lowest BCUT2D eigenvalue weighted by molar-refractivity contribution is 0.135. The summed E-state index contributed by atoms with van der Waals surface area (Å²) >= 11 is 0. The topological polar surface area (TPSA) is 41.5 Å². The van der Waals surface area contributed by atoms with E-state index in [-0.39, 0.29) is 6.04 Å². The third-order valence-corrected chi connectivity index (χ3v) is 4.39. The highest BCUT2D eigenvalue weighted by atomic mass is 16.5. The van der Waals surface area contributed by atoms with E-state index < -0.39 is 6.10 Å². The highest BCUT2D eigenvalue weighted by molar-refractivity contribution is 5.31. The number of hydrogen-bond donors (Lipinski definition) is 2. The van der Waals surface area contributed by atoms with Crippen LogP contribution in [0.1, 0.15) is 29.7 Å². The minimum atomic E-state index is -0.598. The summed E-state index contributed by atoms with van der Waals surface area (Å²) in [7, 11) is 0. The predicted octanol–water partition coefficient (Wildman–Crippen LogP) is 4.48. The SMILES string of the molecule is CC(NCc1ccccc1)C(O)c1cccc(OCc2ccccc2)c1. The fraction of sp³-hybridized carbons (Fsp3) is 0.217. The molecule has 3 aromatic rings. The lowest BCUT2D eigenvalue weighted by atomic mass is 10.0. The number of nitrogens with one attached hydrogen (secondary N) is 1. The van der Waals surface area contributed by atoms with Crippen LogP contribution in [0, 0.1) is 0 Å². The second-order valence-corrected chi connectivity index (χ2v) is 6.45. The molecule has 3 rings (SSSR count). The van der Waals surface area contributed by atoms with Gasteiger partial charge in [-0.2, -0.15) is 0 Å². The van der Waals surface area contributed by atoms with Crippen LogP contribution >= 0.6 is 0 Å². The maximum atomic E-state index is 10.7. The Morgan fingerprint density at radius 2 is 1.50 bits per heavy atom.